The Labute approximate surface area is 223 Å². The van der Waals surface area contributed by atoms with E-state index in [1.165, 1.54) is 12.1 Å². The van der Waals surface area contributed by atoms with Crippen molar-refractivity contribution < 1.29 is 65.1 Å². The predicted octanol–water partition coefficient (Wildman–Crippen LogP) is 5.72. The number of esters is 1. The molecule has 0 aliphatic rings. The van der Waals surface area contributed by atoms with Crippen LogP contribution in [0.25, 0.3) is 12.2 Å². The molecule has 8 nitrogen and oxygen atoms in total. The fourth-order valence-electron chi connectivity index (χ4n) is 3.19. The van der Waals surface area contributed by atoms with Crippen molar-refractivity contribution in [2.24, 2.45) is 5.92 Å². The standard InChI is InChI=1S/C26H22F6O8/c1-2-38-24(37)12-7-17(18(33)8-3-15-5-10-20(35)22(13-15)39-25(27,28)29)19(34)9-4-16-6-11-21(36)23(14-16)40-26(30,31)32/h3-6,8-11,13-14,17,35-36H,2,7,12H2,1H3/b8-3+,9-4+. The molecule has 0 heterocycles. The number of carbonyl (C=O) groups is 3. The maximum atomic E-state index is 12.8. The molecule has 0 saturated carbocycles. The van der Waals surface area contributed by atoms with Gasteiger partial charge in [-0.15, -0.1) is 26.3 Å². The van der Waals surface area contributed by atoms with Crippen molar-refractivity contribution in [1.82, 2.24) is 0 Å². The summed E-state index contributed by atoms with van der Waals surface area (Å²) >= 11 is 0. The lowest BCUT2D eigenvalue weighted by Gasteiger charge is -2.12. The van der Waals surface area contributed by atoms with Gasteiger partial charge in [0.2, 0.25) is 0 Å². The van der Waals surface area contributed by atoms with Crippen LogP contribution in [0.3, 0.4) is 0 Å². The first kappa shape index (κ1) is 31.7. The second-order valence-corrected chi connectivity index (χ2v) is 7.92. The van der Waals surface area contributed by atoms with Crippen molar-refractivity contribution in [2.45, 2.75) is 32.5 Å². The molecule has 0 aliphatic carbocycles. The Kier molecular flexibility index (Phi) is 10.7. The summed E-state index contributed by atoms with van der Waals surface area (Å²) in [5, 5.41) is 19.1. The summed E-state index contributed by atoms with van der Waals surface area (Å²) in [5.41, 5.74) is -0.00218. The number of phenols is 2. The Hall–Kier alpha value is -4.49. The summed E-state index contributed by atoms with van der Waals surface area (Å²) in [5.74, 6) is -7.36. The zero-order valence-corrected chi connectivity index (χ0v) is 20.6. The SMILES string of the molecule is CCOC(=O)CCC(C(=O)/C=C/c1ccc(O)c(OC(F)(F)F)c1)C(=O)/C=C/c1ccc(O)c(OC(F)(F)F)c1. The van der Waals surface area contributed by atoms with Crippen LogP contribution in [0.5, 0.6) is 23.0 Å². The van der Waals surface area contributed by atoms with Crippen LogP contribution in [0, 0.1) is 5.92 Å². The van der Waals surface area contributed by atoms with Crippen LogP contribution in [0.4, 0.5) is 26.3 Å². The Balaban J connectivity index is 2.28. The number of ketones is 2. The quantitative estimate of drug-likeness (QED) is 0.143. The lowest BCUT2D eigenvalue weighted by Crippen LogP contribution is -2.22. The van der Waals surface area contributed by atoms with E-state index in [1.54, 1.807) is 6.92 Å². The van der Waals surface area contributed by atoms with Gasteiger partial charge in [-0.05, 0) is 60.9 Å². The van der Waals surface area contributed by atoms with Gasteiger partial charge in [-0.3, -0.25) is 14.4 Å². The normalized spacial score (nSPS) is 12.2. The van der Waals surface area contributed by atoms with E-state index in [2.05, 4.69) is 9.47 Å². The van der Waals surface area contributed by atoms with Crippen molar-refractivity contribution in [3.05, 3.63) is 59.7 Å². The highest BCUT2D eigenvalue weighted by atomic mass is 19.4. The molecule has 0 amide bonds. The molecule has 2 rings (SSSR count). The number of benzene rings is 2. The van der Waals surface area contributed by atoms with Gasteiger partial charge in [0.15, 0.2) is 34.6 Å². The van der Waals surface area contributed by atoms with Gasteiger partial charge in [0.05, 0.1) is 12.5 Å². The van der Waals surface area contributed by atoms with Gasteiger partial charge in [-0.25, -0.2) is 0 Å². The van der Waals surface area contributed by atoms with Crippen molar-refractivity contribution >= 4 is 29.7 Å². The number of allylic oxidation sites excluding steroid dienone is 2. The van der Waals surface area contributed by atoms with Crippen LogP contribution in [0.1, 0.15) is 30.9 Å². The summed E-state index contributed by atoms with van der Waals surface area (Å²) in [6.07, 6.45) is -6.99. The number of aromatic hydroxyl groups is 2. The molecule has 2 aromatic carbocycles. The minimum Gasteiger partial charge on any atom is -0.504 e. The third kappa shape index (κ3) is 10.7. The second-order valence-electron chi connectivity index (χ2n) is 7.92. The van der Waals surface area contributed by atoms with Crippen LogP contribution in [-0.4, -0.2) is 47.1 Å². The number of phenolic OH excluding ortho intramolecular Hbond substituents is 2. The number of alkyl halides is 6. The van der Waals surface area contributed by atoms with E-state index in [9.17, 15) is 50.9 Å². The summed E-state index contributed by atoms with van der Waals surface area (Å²) in [6.45, 7) is 1.58. The van der Waals surface area contributed by atoms with Crippen molar-refractivity contribution in [3.8, 4) is 23.0 Å². The Morgan fingerprint density at radius 2 is 1.23 bits per heavy atom. The molecule has 0 spiro atoms. The number of carbonyl (C=O) groups excluding carboxylic acids is 3. The molecule has 2 aromatic rings. The molecule has 0 atom stereocenters. The number of halogens is 6. The highest BCUT2D eigenvalue weighted by molar-refractivity contribution is 6.13. The maximum Gasteiger partial charge on any atom is 0.573 e. The first-order valence-corrected chi connectivity index (χ1v) is 11.3. The molecule has 0 aliphatic heterocycles. The molecule has 40 heavy (non-hydrogen) atoms. The second kappa shape index (κ2) is 13.5. The first-order valence-electron chi connectivity index (χ1n) is 11.3. The smallest absolute Gasteiger partial charge is 0.504 e. The Morgan fingerprint density at radius 1 is 0.800 bits per heavy atom. The molecule has 0 aromatic heterocycles. The van der Waals surface area contributed by atoms with E-state index in [0.717, 1.165) is 48.6 Å². The highest BCUT2D eigenvalue weighted by Gasteiger charge is 2.33. The van der Waals surface area contributed by atoms with Crippen LogP contribution >= 0.6 is 0 Å². The average molecular weight is 576 g/mol. The summed E-state index contributed by atoms with van der Waals surface area (Å²) < 4.78 is 87.3. The highest BCUT2D eigenvalue weighted by Crippen LogP contribution is 2.33. The van der Waals surface area contributed by atoms with Crippen LogP contribution < -0.4 is 9.47 Å². The van der Waals surface area contributed by atoms with Gasteiger partial charge < -0.3 is 24.4 Å². The summed E-state index contributed by atoms with van der Waals surface area (Å²) in [7, 11) is 0. The molecule has 0 unspecified atom stereocenters. The van der Waals surface area contributed by atoms with Crippen molar-refractivity contribution in [3.63, 3.8) is 0 Å². The summed E-state index contributed by atoms with van der Waals surface area (Å²) in [4.78, 5) is 37.5. The first-order chi connectivity index (χ1) is 18.6. The molecule has 0 radical (unpaired) electrons. The zero-order chi connectivity index (χ0) is 30.1. The number of ether oxygens (including phenoxy) is 3. The Bertz CT molecular complexity index is 1190. The van der Waals surface area contributed by atoms with Gasteiger partial charge >= 0.3 is 18.7 Å². The van der Waals surface area contributed by atoms with Gasteiger partial charge in [0.25, 0.3) is 0 Å². The minimum absolute atomic E-state index is 0.00109. The van der Waals surface area contributed by atoms with E-state index in [0.29, 0.717) is 0 Å². The van der Waals surface area contributed by atoms with Crippen molar-refractivity contribution in [1.29, 1.82) is 0 Å². The maximum absolute atomic E-state index is 12.8. The molecule has 2 N–H and O–H groups in total. The third-order valence-electron chi connectivity index (χ3n) is 4.93. The molecule has 0 bridgehead atoms. The van der Waals surface area contributed by atoms with Crippen molar-refractivity contribution in [2.75, 3.05) is 6.61 Å². The minimum atomic E-state index is -5.09. The number of hydrogen-bond acceptors (Lipinski definition) is 8. The van der Waals surface area contributed by atoms with Gasteiger partial charge in [-0.1, -0.05) is 24.3 Å². The van der Waals surface area contributed by atoms with E-state index >= 15 is 0 Å². The fourth-order valence-corrected chi connectivity index (χ4v) is 3.19. The van der Waals surface area contributed by atoms with Crippen LogP contribution in [0.15, 0.2) is 48.6 Å². The Morgan fingerprint density at radius 3 is 1.60 bits per heavy atom. The van der Waals surface area contributed by atoms with Crippen LogP contribution in [0.2, 0.25) is 0 Å². The molecular weight excluding hydrogens is 554 g/mol. The molecule has 216 valence electrons. The average Bonchev–Trinajstić information content (AvgIpc) is 2.83. The van der Waals surface area contributed by atoms with E-state index < -0.39 is 59.2 Å². The van der Waals surface area contributed by atoms with E-state index in [1.807, 2.05) is 0 Å². The number of hydrogen-bond donors (Lipinski definition) is 2. The van der Waals surface area contributed by atoms with Gasteiger partial charge in [0.1, 0.15) is 0 Å². The van der Waals surface area contributed by atoms with Gasteiger partial charge in [-0.2, -0.15) is 0 Å². The lowest BCUT2D eigenvalue weighted by molar-refractivity contribution is -0.276. The topological polar surface area (TPSA) is 119 Å². The van der Waals surface area contributed by atoms with E-state index in [-0.39, 0.29) is 30.6 Å². The third-order valence-corrected chi connectivity index (χ3v) is 4.93. The molecule has 14 heteroatoms. The molecular formula is C26H22F6O8. The predicted molar refractivity (Wildman–Crippen MR) is 127 cm³/mol. The zero-order valence-electron chi connectivity index (χ0n) is 20.6. The monoisotopic (exact) mass is 576 g/mol. The fraction of sp³-hybridized carbons (Fsp3) is 0.269. The lowest BCUT2D eigenvalue weighted by atomic mass is 9.92. The van der Waals surface area contributed by atoms with Crippen LogP contribution in [-0.2, 0) is 19.1 Å². The largest absolute Gasteiger partial charge is 0.573 e. The van der Waals surface area contributed by atoms with Gasteiger partial charge in [0, 0.05) is 6.42 Å². The molecule has 0 saturated heterocycles. The summed E-state index contributed by atoms with van der Waals surface area (Å²) in [6, 6.07) is 5.73. The number of rotatable bonds is 12. The van der Waals surface area contributed by atoms with E-state index in [4.69, 9.17) is 4.74 Å². The molecule has 0 fully saturated rings.